The molecule has 0 radical (unpaired) electrons. The fraction of sp³-hybridized carbons (Fsp3) is 0.438. The van der Waals surface area contributed by atoms with E-state index in [0.717, 1.165) is 22.2 Å². The summed E-state index contributed by atoms with van der Waals surface area (Å²) in [6.45, 7) is 2.61. The molecule has 0 bridgehead atoms. The molecule has 1 heterocycles. The van der Waals surface area contributed by atoms with Crippen LogP contribution in [0.5, 0.6) is 0 Å². The third-order valence-corrected chi connectivity index (χ3v) is 5.42. The van der Waals surface area contributed by atoms with Gasteiger partial charge in [-0.15, -0.1) is 0 Å². The normalized spacial score (nSPS) is 12.0. The summed E-state index contributed by atoms with van der Waals surface area (Å²) in [4.78, 5) is 2.02. The van der Waals surface area contributed by atoms with Gasteiger partial charge in [-0.25, -0.2) is 4.57 Å². The number of aryl methyl sites for hydroxylation is 1. The summed E-state index contributed by atoms with van der Waals surface area (Å²) >= 11 is 1.49. The van der Waals surface area contributed by atoms with Crippen molar-refractivity contribution in [2.75, 3.05) is 24.7 Å². The van der Waals surface area contributed by atoms with E-state index in [2.05, 4.69) is 10.2 Å². The quantitative estimate of drug-likeness (QED) is 0.327. The molecule has 0 aliphatic carbocycles. The lowest BCUT2D eigenvalue weighted by molar-refractivity contribution is -0.686. The van der Waals surface area contributed by atoms with E-state index < -0.39 is 10.1 Å². The Balaban J connectivity index is 2.02. The van der Waals surface area contributed by atoms with Crippen LogP contribution < -0.4 is 9.47 Å². The third kappa shape index (κ3) is 6.18. The Kier molecular flexibility index (Phi) is 6.63. The zero-order valence-corrected chi connectivity index (χ0v) is 16.2. The van der Waals surface area contributed by atoms with Gasteiger partial charge in [-0.2, -0.15) is 8.42 Å². The highest BCUT2D eigenvalue weighted by Gasteiger charge is 2.16. The molecule has 0 saturated carbocycles. The maximum absolute atomic E-state index is 10.8. The van der Waals surface area contributed by atoms with E-state index in [1.54, 1.807) is 0 Å². The van der Waals surface area contributed by atoms with Crippen LogP contribution in [0.3, 0.4) is 0 Å². The van der Waals surface area contributed by atoms with E-state index in [4.69, 9.17) is 4.55 Å². The van der Waals surface area contributed by atoms with Crippen molar-refractivity contribution in [3.05, 3.63) is 35.3 Å². The number of aromatic nitrogens is 1. The number of thiazole rings is 1. The topological polar surface area (TPSA) is 86.2 Å². The van der Waals surface area contributed by atoms with Crippen molar-refractivity contribution in [2.24, 2.45) is 10.2 Å². The lowest BCUT2D eigenvalue weighted by Crippen LogP contribution is -2.34. The molecule has 9 heteroatoms. The lowest BCUT2D eigenvalue weighted by Gasteiger charge is -2.11. The number of rotatable bonds is 8. The highest BCUT2D eigenvalue weighted by atomic mass is 32.2. The zero-order chi connectivity index (χ0) is 18.4. The SMILES string of the molecule is Cc1csc(N=Nc2ccc(N(C)C)cc2)[n+]1CCCCS(=O)(=O)O. The summed E-state index contributed by atoms with van der Waals surface area (Å²) in [5.41, 5.74) is 2.92. The van der Waals surface area contributed by atoms with Gasteiger partial charge < -0.3 is 4.90 Å². The van der Waals surface area contributed by atoms with Gasteiger partial charge >= 0.3 is 5.13 Å². The van der Waals surface area contributed by atoms with Gasteiger partial charge in [0.05, 0.1) is 17.4 Å². The van der Waals surface area contributed by atoms with Crippen LogP contribution in [0, 0.1) is 6.92 Å². The van der Waals surface area contributed by atoms with E-state index in [-0.39, 0.29) is 5.75 Å². The standard InChI is InChI=1S/C16H22N4O3S2/c1-13-12-24-16(20(13)10-4-5-11-25(21,22)23)18-17-14-6-8-15(9-7-14)19(2)3/h6-9,12H,4-5,10-11H2,1-3H3/p+1. The zero-order valence-electron chi connectivity index (χ0n) is 14.6. The van der Waals surface area contributed by atoms with Crippen molar-refractivity contribution < 1.29 is 17.5 Å². The van der Waals surface area contributed by atoms with E-state index >= 15 is 0 Å². The summed E-state index contributed by atoms with van der Waals surface area (Å²) in [5.74, 6) is -0.216. The Morgan fingerprint density at radius 1 is 1.16 bits per heavy atom. The molecular formula is C16H23N4O3S2+. The Hall–Kier alpha value is -1.84. The van der Waals surface area contributed by atoms with Crippen LogP contribution in [0.2, 0.25) is 0 Å². The molecule has 1 aromatic heterocycles. The molecule has 0 saturated heterocycles. The number of anilines is 1. The summed E-state index contributed by atoms with van der Waals surface area (Å²) < 4.78 is 32.3. The van der Waals surface area contributed by atoms with Crippen molar-refractivity contribution >= 4 is 38.0 Å². The Bertz CT molecular complexity index is 828. The maximum Gasteiger partial charge on any atom is 0.408 e. The van der Waals surface area contributed by atoms with Crippen LogP contribution in [0.25, 0.3) is 0 Å². The van der Waals surface area contributed by atoms with Crippen LogP contribution >= 0.6 is 11.3 Å². The van der Waals surface area contributed by atoms with Crippen LogP contribution in [0.15, 0.2) is 39.9 Å². The number of benzene rings is 1. The fourth-order valence-electron chi connectivity index (χ4n) is 2.24. The van der Waals surface area contributed by atoms with Crippen LogP contribution in [-0.4, -0.2) is 32.8 Å². The minimum atomic E-state index is -3.89. The first-order chi connectivity index (χ1) is 11.8. The second-order valence-corrected chi connectivity index (χ2v) is 8.32. The molecule has 1 aromatic carbocycles. The number of unbranched alkanes of at least 4 members (excludes halogenated alkanes) is 1. The molecule has 1 N–H and O–H groups in total. The lowest BCUT2D eigenvalue weighted by atomic mass is 10.3. The van der Waals surface area contributed by atoms with Gasteiger partial charge in [0.1, 0.15) is 11.4 Å². The van der Waals surface area contributed by atoms with Crippen molar-refractivity contribution in [3.8, 4) is 0 Å². The molecule has 0 fully saturated rings. The molecule has 0 spiro atoms. The second kappa shape index (κ2) is 8.50. The first-order valence-electron chi connectivity index (χ1n) is 7.88. The molecule has 25 heavy (non-hydrogen) atoms. The predicted molar refractivity (Wildman–Crippen MR) is 99.8 cm³/mol. The van der Waals surface area contributed by atoms with Crippen molar-refractivity contribution in [3.63, 3.8) is 0 Å². The summed E-state index contributed by atoms with van der Waals surface area (Å²) in [5, 5.41) is 11.4. The second-order valence-electron chi connectivity index (χ2n) is 5.92. The largest absolute Gasteiger partial charge is 0.408 e. The van der Waals surface area contributed by atoms with Crippen LogP contribution in [0.4, 0.5) is 16.5 Å². The van der Waals surface area contributed by atoms with Gasteiger partial charge in [-0.3, -0.25) is 4.55 Å². The first kappa shape index (κ1) is 19.5. The van der Waals surface area contributed by atoms with Crippen molar-refractivity contribution in [1.82, 2.24) is 0 Å². The minimum absolute atomic E-state index is 0.216. The Morgan fingerprint density at radius 3 is 2.44 bits per heavy atom. The number of azo groups is 1. The number of hydrogen-bond donors (Lipinski definition) is 1. The highest BCUT2D eigenvalue weighted by molar-refractivity contribution is 7.85. The predicted octanol–water partition coefficient (Wildman–Crippen LogP) is 3.49. The average molecular weight is 384 g/mol. The summed E-state index contributed by atoms with van der Waals surface area (Å²) in [6.07, 6.45) is 1.05. The van der Waals surface area contributed by atoms with Gasteiger partial charge in [-0.1, -0.05) is 0 Å². The van der Waals surface area contributed by atoms with Gasteiger partial charge in [0.15, 0.2) is 0 Å². The molecular weight excluding hydrogens is 360 g/mol. The van der Waals surface area contributed by atoms with Gasteiger partial charge in [-0.05, 0) is 60.5 Å². The van der Waals surface area contributed by atoms with E-state index in [0.29, 0.717) is 19.4 Å². The van der Waals surface area contributed by atoms with Crippen molar-refractivity contribution in [2.45, 2.75) is 26.3 Å². The van der Waals surface area contributed by atoms with Gasteiger partial charge in [0.2, 0.25) is 0 Å². The Labute approximate surface area is 152 Å². The van der Waals surface area contributed by atoms with Crippen molar-refractivity contribution in [1.29, 1.82) is 0 Å². The monoisotopic (exact) mass is 383 g/mol. The first-order valence-corrected chi connectivity index (χ1v) is 10.4. The molecule has 2 rings (SSSR count). The smallest absolute Gasteiger partial charge is 0.378 e. The fourth-order valence-corrected chi connectivity index (χ4v) is 3.66. The van der Waals surface area contributed by atoms with Crippen LogP contribution in [-0.2, 0) is 16.7 Å². The summed E-state index contributed by atoms with van der Waals surface area (Å²) in [7, 11) is 0.0706. The van der Waals surface area contributed by atoms with Crippen LogP contribution in [0.1, 0.15) is 18.5 Å². The number of hydrogen-bond acceptors (Lipinski definition) is 6. The molecule has 0 aliphatic heterocycles. The highest BCUT2D eigenvalue weighted by Crippen LogP contribution is 2.23. The molecule has 7 nitrogen and oxygen atoms in total. The number of nitrogens with zero attached hydrogens (tertiary/aromatic N) is 4. The van der Waals surface area contributed by atoms with Gasteiger partial charge in [0.25, 0.3) is 10.1 Å². The third-order valence-electron chi connectivity index (χ3n) is 3.64. The summed E-state index contributed by atoms with van der Waals surface area (Å²) in [6, 6.07) is 7.79. The molecule has 0 atom stereocenters. The molecule has 0 unspecified atom stereocenters. The molecule has 0 amide bonds. The maximum atomic E-state index is 10.8. The van der Waals surface area contributed by atoms with E-state index in [1.807, 2.05) is 60.1 Å². The molecule has 136 valence electrons. The Morgan fingerprint density at radius 2 is 1.84 bits per heavy atom. The van der Waals surface area contributed by atoms with E-state index in [9.17, 15) is 8.42 Å². The van der Waals surface area contributed by atoms with Gasteiger partial charge in [0, 0.05) is 25.2 Å². The molecule has 2 aromatic rings. The molecule has 0 aliphatic rings. The van der Waals surface area contributed by atoms with E-state index in [1.165, 1.54) is 11.3 Å². The minimum Gasteiger partial charge on any atom is -0.378 e. The average Bonchev–Trinajstić information content (AvgIpc) is 2.89.